The van der Waals surface area contributed by atoms with Gasteiger partial charge in [0.2, 0.25) is 5.91 Å². The number of hydrogen-bond acceptors (Lipinski definition) is 10. The van der Waals surface area contributed by atoms with Gasteiger partial charge in [0.25, 0.3) is 0 Å². The van der Waals surface area contributed by atoms with E-state index in [1.807, 2.05) is 0 Å². The van der Waals surface area contributed by atoms with Gasteiger partial charge in [-0.05, 0) is 31.4 Å². The molecule has 1 amide bonds. The number of carbonyl (C=O) groups is 1. The first kappa shape index (κ1) is 30.2. The van der Waals surface area contributed by atoms with Crippen LogP contribution in [0.4, 0.5) is 13.2 Å². The number of nitrogens with zero attached hydrogens (tertiary/aromatic N) is 4. The molecular weight excluding hydrogens is 569 g/mol. The number of hydrogen-bond donors (Lipinski definition) is 4. The molecule has 1 aromatic carbocycles. The molecule has 3 fully saturated rings. The quantitative estimate of drug-likeness (QED) is 0.322. The van der Waals surface area contributed by atoms with Gasteiger partial charge in [-0.3, -0.25) is 4.79 Å². The number of aromatic nitrogens is 3. The van der Waals surface area contributed by atoms with Crippen molar-refractivity contribution in [1.29, 1.82) is 0 Å². The third kappa shape index (κ3) is 5.85. The molecule has 15 heteroatoms. The van der Waals surface area contributed by atoms with Crippen LogP contribution in [0.5, 0.6) is 0 Å². The molecule has 1 aliphatic carbocycles. The first-order chi connectivity index (χ1) is 19.5. The van der Waals surface area contributed by atoms with Crippen molar-refractivity contribution in [1.82, 2.24) is 19.9 Å². The Hall–Kier alpha value is -2.27. The summed E-state index contributed by atoms with van der Waals surface area (Å²) in [5.74, 6) is -4.82. The molecule has 0 spiro atoms. The molecule has 1 unspecified atom stereocenters. The summed E-state index contributed by atoms with van der Waals surface area (Å²) in [7, 11) is 1.68. The average Bonchev–Trinajstić information content (AvgIpc) is 3.40. The number of aliphatic hydroxyl groups excluding tert-OH is 3. The van der Waals surface area contributed by atoms with E-state index in [9.17, 15) is 38.4 Å². The Morgan fingerprint density at radius 2 is 1.85 bits per heavy atom. The van der Waals surface area contributed by atoms with Crippen molar-refractivity contribution in [3.8, 4) is 11.3 Å². The topological polar surface area (TPSA) is 150 Å². The minimum atomic E-state index is -1.64. The van der Waals surface area contributed by atoms with E-state index in [1.54, 1.807) is 11.9 Å². The SMILES string of the molecule is CN(C(=O)C(S[C@@H]1O[C@H](CO)[C@H](O)[C@H](n2cc(-c3cc(F)c(F)c(F)c3)nn2)[C@H]1O)C1(O)CCOCC1)C1CCC1. The number of aliphatic hydroxyl groups is 4. The monoisotopic (exact) mass is 602 g/mol. The maximum atomic E-state index is 13.8. The zero-order chi connectivity index (χ0) is 29.5. The molecule has 0 radical (unpaired) electrons. The van der Waals surface area contributed by atoms with E-state index in [-0.39, 0.29) is 49.3 Å². The Morgan fingerprint density at radius 3 is 2.44 bits per heavy atom. The molecule has 0 bridgehead atoms. The van der Waals surface area contributed by atoms with Gasteiger partial charge in [0.05, 0.1) is 18.4 Å². The van der Waals surface area contributed by atoms with E-state index in [0.29, 0.717) is 0 Å². The van der Waals surface area contributed by atoms with E-state index in [1.165, 1.54) is 6.20 Å². The zero-order valence-corrected chi connectivity index (χ0v) is 23.1. The van der Waals surface area contributed by atoms with Gasteiger partial charge in [-0.15, -0.1) is 16.9 Å². The largest absolute Gasteiger partial charge is 0.394 e. The number of halogens is 3. The molecule has 2 aliphatic heterocycles. The molecule has 3 heterocycles. The lowest BCUT2D eigenvalue weighted by atomic mass is 9.87. The maximum Gasteiger partial charge on any atom is 0.238 e. The molecule has 5 rings (SSSR count). The summed E-state index contributed by atoms with van der Waals surface area (Å²) < 4.78 is 53.4. The third-order valence-corrected chi connectivity index (χ3v) is 9.83. The van der Waals surface area contributed by atoms with Gasteiger partial charge < -0.3 is 34.8 Å². The predicted molar refractivity (Wildman–Crippen MR) is 139 cm³/mol. The Kier molecular flexibility index (Phi) is 8.95. The van der Waals surface area contributed by atoms with Crippen LogP contribution in [0, 0.1) is 17.5 Å². The van der Waals surface area contributed by atoms with E-state index in [4.69, 9.17) is 9.47 Å². The summed E-state index contributed by atoms with van der Waals surface area (Å²) in [5, 5.41) is 50.6. The van der Waals surface area contributed by atoms with Gasteiger partial charge >= 0.3 is 0 Å². The minimum Gasteiger partial charge on any atom is -0.394 e. The van der Waals surface area contributed by atoms with Crippen LogP contribution < -0.4 is 0 Å². The number of ether oxygens (including phenoxy) is 2. The van der Waals surface area contributed by atoms with Gasteiger partial charge in [-0.2, -0.15) is 0 Å². The molecule has 2 aromatic rings. The van der Waals surface area contributed by atoms with Crippen molar-refractivity contribution in [3.63, 3.8) is 0 Å². The van der Waals surface area contributed by atoms with Crippen molar-refractivity contribution in [2.24, 2.45) is 0 Å². The van der Waals surface area contributed by atoms with Crippen LogP contribution >= 0.6 is 11.8 Å². The highest BCUT2D eigenvalue weighted by atomic mass is 32.2. The number of amides is 1. The van der Waals surface area contributed by atoms with Crippen LogP contribution in [-0.2, 0) is 14.3 Å². The number of benzene rings is 1. The number of rotatable bonds is 8. The first-order valence-electron chi connectivity index (χ1n) is 13.5. The lowest BCUT2D eigenvalue weighted by molar-refractivity contribution is -0.179. The predicted octanol–water partition coefficient (Wildman–Crippen LogP) is 0.997. The van der Waals surface area contributed by atoms with Crippen LogP contribution in [0.1, 0.15) is 38.1 Å². The van der Waals surface area contributed by atoms with Crippen molar-refractivity contribution in [3.05, 3.63) is 35.8 Å². The fraction of sp³-hybridized carbons (Fsp3) is 0.654. The van der Waals surface area contributed by atoms with Gasteiger partial charge in [-0.25, -0.2) is 17.9 Å². The lowest BCUT2D eigenvalue weighted by Gasteiger charge is -2.46. The number of thioether (sulfide) groups is 1. The third-order valence-electron chi connectivity index (χ3n) is 8.26. The first-order valence-corrected chi connectivity index (χ1v) is 14.4. The van der Waals surface area contributed by atoms with Crippen molar-refractivity contribution < 1.29 is 47.9 Å². The lowest BCUT2D eigenvalue weighted by Crippen LogP contribution is -2.59. The minimum absolute atomic E-state index is 0.0423. The summed E-state index contributed by atoms with van der Waals surface area (Å²) >= 11 is 0.902. The molecule has 2 saturated heterocycles. The van der Waals surface area contributed by atoms with E-state index >= 15 is 0 Å². The second kappa shape index (κ2) is 12.1. The summed E-state index contributed by atoms with van der Waals surface area (Å²) in [6.45, 7) is -0.153. The Labute approximate surface area is 238 Å². The summed E-state index contributed by atoms with van der Waals surface area (Å²) in [4.78, 5) is 15.3. The number of carbonyl (C=O) groups excluding carboxylic acids is 1. The van der Waals surface area contributed by atoms with Crippen molar-refractivity contribution in [2.45, 2.75) is 78.8 Å². The molecule has 226 valence electrons. The fourth-order valence-electron chi connectivity index (χ4n) is 5.43. The molecule has 1 saturated carbocycles. The Morgan fingerprint density at radius 1 is 1.20 bits per heavy atom. The highest BCUT2D eigenvalue weighted by molar-refractivity contribution is 8.01. The highest BCUT2D eigenvalue weighted by Crippen LogP contribution is 2.42. The van der Waals surface area contributed by atoms with Crippen LogP contribution in [0.15, 0.2) is 18.3 Å². The molecule has 11 nitrogen and oxygen atoms in total. The van der Waals surface area contributed by atoms with Crippen molar-refractivity contribution >= 4 is 17.7 Å². The molecule has 3 aliphatic rings. The summed E-state index contributed by atoms with van der Waals surface area (Å²) in [5.41, 5.74) is -2.85. The standard InChI is InChI=1S/C26H33F3N4O7S/c1-32(14-3-2-4-14)24(37)23(26(38)5-7-39-8-6-26)41-25-22(36)20(21(35)18(12-34)40-25)33-11-17(30-31-33)13-9-15(27)19(29)16(28)10-13/h9-11,14,18,20-23,25,34-36,38H,2-8,12H2,1H3/t18-,20+,21+,22-,23?,25+/m1/s1. The second-order valence-electron chi connectivity index (χ2n) is 10.8. The van der Waals surface area contributed by atoms with Gasteiger partial charge in [0.15, 0.2) is 17.5 Å². The van der Waals surface area contributed by atoms with Crippen LogP contribution in [0.25, 0.3) is 11.3 Å². The Bertz CT molecular complexity index is 1220. The Balaban J connectivity index is 1.43. The highest BCUT2D eigenvalue weighted by Gasteiger charge is 2.52. The smallest absolute Gasteiger partial charge is 0.238 e. The van der Waals surface area contributed by atoms with Crippen LogP contribution in [0.3, 0.4) is 0 Å². The molecular formula is C26H33F3N4O7S. The fourth-order valence-corrected chi connectivity index (χ4v) is 6.99. The molecule has 41 heavy (non-hydrogen) atoms. The van der Waals surface area contributed by atoms with Gasteiger partial charge in [0.1, 0.15) is 40.7 Å². The van der Waals surface area contributed by atoms with Crippen molar-refractivity contribution in [2.75, 3.05) is 26.9 Å². The van der Waals surface area contributed by atoms with Gasteiger partial charge in [-0.1, -0.05) is 5.21 Å². The maximum absolute atomic E-state index is 13.8. The average molecular weight is 603 g/mol. The zero-order valence-electron chi connectivity index (χ0n) is 22.3. The second-order valence-corrected chi connectivity index (χ2v) is 12.0. The molecule has 1 aromatic heterocycles. The van der Waals surface area contributed by atoms with E-state index < -0.39 is 64.7 Å². The summed E-state index contributed by atoms with van der Waals surface area (Å²) in [6, 6.07) is 0.254. The van der Waals surface area contributed by atoms with E-state index in [2.05, 4.69) is 10.3 Å². The molecule has 6 atom stereocenters. The van der Waals surface area contributed by atoms with Crippen LogP contribution in [-0.4, -0.2) is 114 Å². The normalized spacial score (nSPS) is 29.1. The molecule has 4 N–H and O–H groups in total. The summed E-state index contributed by atoms with van der Waals surface area (Å²) in [6.07, 6.45) is 0.0413. The van der Waals surface area contributed by atoms with E-state index in [0.717, 1.165) is 47.8 Å². The van der Waals surface area contributed by atoms with Gasteiger partial charge in [0, 0.05) is 44.7 Å². The van der Waals surface area contributed by atoms with Crippen LogP contribution in [0.2, 0.25) is 0 Å².